The molecule has 0 atom stereocenters. The van der Waals surface area contributed by atoms with Crippen molar-refractivity contribution in [2.24, 2.45) is 0 Å². The standard InChI is InChI=1S/C17H10Cl3F2N3O3S/c18-9-5-11(19)14(12(20)6-9)23-13(26)7-29-17-25-24-15(28-17)8-1-3-10(4-2-8)27-16(21)22/h1-6,16H,7H2,(H,23,26). The molecule has 0 unspecified atom stereocenters. The third-order valence-corrected chi connectivity index (χ3v) is 4.96. The van der Waals surface area contributed by atoms with Gasteiger partial charge in [0, 0.05) is 10.6 Å². The minimum absolute atomic E-state index is 0.00839. The van der Waals surface area contributed by atoms with Crippen molar-refractivity contribution in [1.29, 1.82) is 0 Å². The van der Waals surface area contributed by atoms with Crippen LogP contribution in [0.4, 0.5) is 14.5 Å². The van der Waals surface area contributed by atoms with Crippen LogP contribution in [0.25, 0.3) is 11.5 Å². The number of hydrogen-bond donors (Lipinski definition) is 1. The number of amides is 1. The van der Waals surface area contributed by atoms with Gasteiger partial charge in [-0.2, -0.15) is 8.78 Å². The number of halogens is 5. The summed E-state index contributed by atoms with van der Waals surface area (Å²) in [6, 6.07) is 8.62. The summed E-state index contributed by atoms with van der Waals surface area (Å²) in [4.78, 5) is 12.1. The summed E-state index contributed by atoms with van der Waals surface area (Å²) in [6.07, 6.45) is 0. The maximum Gasteiger partial charge on any atom is 0.387 e. The molecule has 12 heteroatoms. The summed E-state index contributed by atoms with van der Waals surface area (Å²) in [7, 11) is 0. The molecule has 1 amide bonds. The predicted octanol–water partition coefficient (Wildman–Crippen LogP) is 6.03. The van der Waals surface area contributed by atoms with E-state index in [0.29, 0.717) is 10.6 Å². The van der Waals surface area contributed by atoms with Gasteiger partial charge in [-0.25, -0.2) is 0 Å². The molecular weight excluding hydrogens is 471 g/mol. The van der Waals surface area contributed by atoms with Gasteiger partial charge in [0.05, 0.1) is 21.5 Å². The minimum atomic E-state index is -2.91. The molecule has 0 radical (unpaired) electrons. The second-order valence-corrected chi connectivity index (χ2v) is 7.53. The summed E-state index contributed by atoms with van der Waals surface area (Å²) in [5.41, 5.74) is 0.760. The van der Waals surface area contributed by atoms with Crippen LogP contribution in [0.2, 0.25) is 15.1 Å². The van der Waals surface area contributed by atoms with E-state index in [1.54, 1.807) is 0 Å². The van der Waals surface area contributed by atoms with E-state index in [0.717, 1.165) is 11.8 Å². The number of nitrogens with zero attached hydrogens (tertiary/aromatic N) is 2. The Labute approximate surface area is 182 Å². The van der Waals surface area contributed by atoms with Gasteiger partial charge >= 0.3 is 6.61 Å². The Hall–Kier alpha value is -2.07. The molecule has 29 heavy (non-hydrogen) atoms. The van der Waals surface area contributed by atoms with Gasteiger partial charge in [0.1, 0.15) is 5.75 Å². The highest BCUT2D eigenvalue weighted by Gasteiger charge is 2.15. The van der Waals surface area contributed by atoms with E-state index < -0.39 is 12.5 Å². The van der Waals surface area contributed by atoms with E-state index in [1.807, 2.05) is 0 Å². The zero-order valence-electron chi connectivity index (χ0n) is 14.2. The number of rotatable bonds is 7. The third-order valence-electron chi connectivity index (χ3n) is 3.33. The fourth-order valence-electron chi connectivity index (χ4n) is 2.13. The molecular formula is C17H10Cl3F2N3O3S. The first-order valence-corrected chi connectivity index (χ1v) is 9.89. The van der Waals surface area contributed by atoms with E-state index in [-0.39, 0.29) is 38.3 Å². The number of alkyl halides is 2. The number of carbonyl (C=O) groups is 1. The van der Waals surface area contributed by atoms with Gasteiger partial charge in [-0.1, -0.05) is 46.6 Å². The van der Waals surface area contributed by atoms with E-state index in [9.17, 15) is 13.6 Å². The fraction of sp³-hybridized carbons (Fsp3) is 0.118. The second kappa shape index (κ2) is 9.62. The summed E-state index contributed by atoms with van der Waals surface area (Å²) < 4.78 is 34.1. The van der Waals surface area contributed by atoms with Crippen molar-refractivity contribution >= 4 is 58.2 Å². The number of aromatic nitrogens is 2. The topological polar surface area (TPSA) is 77.2 Å². The van der Waals surface area contributed by atoms with Crippen molar-refractivity contribution in [3.05, 3.63) is 51.5 Å². The number of ether oxygens (including phenoxy) is 1. The Morgan fingerprint density at radius 1 is 1.14 bits per heavy atom. The molecule has 1 aromatic heterocycles. The Morgan fingerprint density at radius 2 is 1.79 bits per heavy atom. The van der Waals surface area contributed by atoms with Crippen LogP contribution in [-0.4, -0.2) is 28.5 Å². The highest BCUT2D eigenvalue weighted by Crippen LogP contribution is 2.34. The van der Waals surface area contributed by atoms with Crippen LogP contribution in [0.3, 0.4) is 0 Å². The molecule has 6 nitrogen and oxygen atoms in total. The van der Waals surface area contributed by atoms with E-state index in [2.05, 4.69) is 20.3 Å². The highest BCUT2D eigenvalue weighted by atomic mass is 35.5. The predicted molar refractivity (Wildman–Crippen MR) is 107 cm³/mol. The molecule has 1 N–H and O–H groups in total. The summed E-state index contributed by atoms with van der Waals surface area (Å²) in [5, 5.41) is 11.2. The molecule has 0 fully saturated rings. The Bertz CT molecular complexity index is 996. The lowest BCUT2D eigenvalue weighted by atomic mass is 10.2. The molecule has 152 valence electrons. The third kappa shape index (κ3) is 5.96. The average molecular weight is 481 g/mol. The van der Waals surface area contributed by atoms with Crippen molar-refractivity contribution in [1.82, 2.24) is 10.2 Å². The molecule has 2 aromatic carbocycles. The number of benzene rings is 2. The fourth-order valence-corrected chi connectivity index (χ4v) is 3.60. The van der Waals surface area contributed by atoms with Crippen molar-refractivity contribution in [2.45, 2.75) is 11.8 Å². The van der Waals surface area contributed by atoms with Gasteiger partial charge in [-0.15, -0.1) is 10.2 Å². The van der Waals surface area contributed by atoms with Gasteiger partial charge in [0.15, 0.2) is 0 Å². The molecule has 0 aliphatic heterocycles. The summed E-state index contributed by atoms with van der Waals surface area (Å²) >= 11 is 18.9. The Morgan fingerprint density at radius 3 is 2.41 bits per heavy atom. The van der Waals surface area contributed by atoms with Crippen LogP contribution in [0.5, 0.6) is 5.75 Å². The first-order valence-electron chi connectivity index (χ1n) is 7.78. The number of thioether (sulfide) groups is 1. The molecule has 1 heterocycles. The average Bonchev–Trinajstić information content (AvgIpc) is 3.12. The number of hydrogen-bond acceptors (Lipinski definition) is 6. The monoisotopic (exact) mass is 479 g/mol. The van der Waals surface area contributed by atoms with Crippen LogP contribution in [0.15, 0.2) is 46.0 Å². The van der Waals surface area contributed by atoms with Crippen LogP contribution < -0.4 is 10.1 Å². The van der Waals surface area contributed by atoms with Crippen molar-refractivity contribution in [2.75, 3.05) is 11.1 Å². The summed E-state index contributed by atoms with van der Waals surface area (Å²) in [6.45, 7) is -2.91. The molecule has 0 spiro atoms. The van der Waals surface area contributed by atoms with E-state index in [1.165, 1.54) is 36.4 Å². The van der Waals surface area contributed by atoms with Crippen LogP contribution >= 0.6 is 46.6 Å². The lowest BCUT2D eigenvalue weighted by molar-refractivity contribution is -0.113. The van der Waals surface area contributed by atoms with Crippen LogP contribution in [-0.2, 0) is 4.79 Å². The SMILES string of the molecule is O=C(CSc1nnc(-c2ccc(OC(F)F)cc2)o1)Nc1c(Cl)cc(Cl)cc1Cl. The van der Waals surface area contributed by atoms with Crippen LogP contribution in [0.1, 0.15) is 0 Å². The molecule has 0 aliphatic rings. The smallest absolute Gasteiger partial charge is 0.387 e. The molecule has 3 aromatic rings. The van der Waals surface area contributed by atoms with E-state index >= 15 is 0 Å². The van der Waals surface area contributed by atoms with Gasteiger partial charge < -0.3 is 14.5 Å². The van der Waals surface area contributed by atoms with Crippen molar-refractivity contribution in [3.63, 3.8) is 0 Å². The number of nitrogens with one attached hydrogen (secondary N) is 1. The lowest BCUT2D eigenvalue weighted by Gasteiger charge is -2.09. The first kappa shape index (κ1) is 21.6. The summed E-state index contributed by atoms with van der Waals surface area (Å²) in [5.74, 6) is -0.262. The van der Waals surface area contributed by atoms with Gasteiger partial charge in [0.2, 0.25) is 11.8 Å². The second-order valence-electron chi connectivity index (χ2n) is 5.36. The maximum absolute atomic E-state index is 12.2. The zero-order valence-corrected chi connectivity index (χ0v) is 17.3. The van der Waals surface area contributed by atoms with Crippen molar-refractivity contribution < 1.29 is 22.7 Å². The molecule has 0 aliphatic carbocycles. The molecule has 0 bridgehead atoms. The minimum Gasteiger partial charge on any atom is -0.435 e. The Balaban J connectivity index is 1.58. The van der Waals surface area contributed by atoms with E-state index in [4.69, 9.17) is 39.2 Å². The van der Waals surface area contributed by atoms with Gasteiger partial charge in [0.25, 0.3) is 5.22 Å². The van der Waals surface area contributed by atoms with Gasteiger partial charge in [-0.3, -0.25) is 4.79 Å². The Kier molecular flexibility index (Phi) is 7.18. The van der Waals surface area contributed by atoms with Crippen molar-refractivity contribution in [3.8, 4) is 17.2 Å². The van der Waals surface area contributed by atoms with Crippen LogP contribution in [0, 0.1) is 0 Å². The quantitative estimate of drug-likeness (QED) is 0.416. The normalized spacial score (nSPS) is 11.0. The lowest BCUT2D eigenvalue weighted by Crippen LogP contribution is -2.14. The molecule has 3 rings (SSSR count). The largest absolute Gasteiger partial charge is 0.435 e. The highest BCUT2D eigenvalue weighted by molar-refractivity contribution is 7.99. The maximum atomic E-state index is 12.2. The first-order chi connectivity index (χ1) is 13.8. The zero-order chi connectivity index (χ0) is 21.0. The molecule has 0 saturated heterocycles. The molecule has 0 saturated carbocycles. The number of carbonyl (C=O) groups excluding carboxylic acids is 1. The number of anilines is 1. The van der Waals surface area contributed by atoms with Gasteiger partial charge in [-0.05, 0) is 36.4 Å².